The van der Waals surface area contributed by atoms with Crippen LogP contribution in [-0.2, 0) is 19.1 Å². The third kappa shape index (κ3) is 5.89. The third-order valence-corrected chi connectivity index (χ3v) is 10.5. The second-order valence-corrected chi connectivity index (χ2v) is 13.2. The van der Waals surface area contributed by atoms with Crippen LogP contribution >= 0.6 is 11.3 Å². The lowest BCUT2D eigenvalue weighted by Crippen LogP contribution is -2.55. The van der Waals surface area contributed by atoms with Gasteiger partial charge in [0, 0.05) is 29.5 Å². The van der Waals surface area contributed by atoms with Gasteiger partial charge < -0.3 is 25.2 Å². The molecule has 1 aromatic carbocycles. The number of carbonyl (C=O) groups is 5. The number of likely N-dealkylation sites (tertiary alicyclic amines) is 2. The van der Waals surface area contributed by atoms with Crippen molar-refractivity contribution in [2.24, 2.45) is 5.92 Å². The maximum absolute atomic E-state index is 14.0. The van der Waals surface area contributed by atoms with Crippen molar-refractivity contribution < 1.29 is 28.7 Å². The number of thiazole rings is 1. The molecule has 234 valence electrons. The van der Waals surface area contributed by atoms with E-state index in [-0.39, 0.29) is 47.5 Å². The van der Waals surface area contributed by atoms with E-state index in [1.165, 1.54) is 11.3 Å². The van der Waals surface area contributed by atoms with Gasteiger partial charge in [-0.1, -0.05) is 31.4 Å². The van der Waals surface area contributed by atoms with E-state index in [4.69, 9.17) is 4.74 Å². The molecule has 1 saturated carbocycles. The number of hydrogen-bond acceptors (Lipinski definition) is 9. The molecule has 44 heavy (non-hydrogen) atoms. The Morgan fingerprint density at radius 3 is 2.39 bits per heavy atom. The number of esters is 1. The van der Waals surface area contributed by atoms with Crippen LogP contribution in [0.15, 0.2) is 29.6 Å². The molecular weight excluding hydrogens is 582 g/mol. The minimum Gasteiger partial charge on any atom is -0.459 e. The number of ketones is 1. The summed E-state index contributed by atoms with van der Waals surface area (Å²) in [4.78, 5) is 73.2. The molecule has 3 saturated heterocycles. The second-order valence-electron chi connectivity index (χ2n) is 12.3. The quantitative estimate of drug-likeness (QED) is 0.322. The number of carbonyl (C=O) groups excluding carboxylic acids is 5. The van der Waals surface area contributed by atoms with Crippen molar-refractivity contribution in [3.63, 3.8) is 0 Å². The van der Waals surface area contributed by atoms with Crippen LogP contribution in [0.25, 0.3) is 0 Å². The third-order valence-electron chi connectivity index (χ3n) is 9.56. The van der Waals surface area contributed by atoms with Crippen molar-refractivity contribution >= 4 is 40.8 Å². The van der Waals surface area contributed by atoms with Crippen LogP contribution in [0.2, 0.25) is 0 Å². The predicted molar refractivity (Wildman–Crippen MR) is 162 cm³/mol. The molecule has 4 heterocycles. The first kappa shape index (κ1) is 30.4. The number of aromatic nitrogens is 1. The minimum absolute atomic E-state index is 0.0705. The summed E-state index contributed by atoms with van der Waals surface area (Å²) in [6.07, 6.45) is 6.94. The number of hydrogen-bond donors (Lipinski definition) is 2. The summed E-state index contributed by atoms with van der Waals surface area (Å²) < 4.78 is 5.18. The van der Waals surface area contributed by atoms with Gasteiger partial charge in [0.25, 0.3) is 5.91 Å². The molecule has 11 nitrogen and oxygen atoms in total. The first-order chi connectivity index (χ1) is 21.2. The molecule has 6 rings (SSSR count). The van der Waals surface area contributed by atoms with Crippen LogP contribution in [0.4, 0.5) is 0 Å². The second kappa shape index (κ2) is 12.8. The number of rotatable bonds is 9. The molecule has 4 fully saturated rings. The van der Waals surface area contributed by atoms with Crippen molar-refractivity contribution in [3.05, 3.63) is 51.5 Å². The summed E-state index contributed by atoms with van der Waals surface area (Å²) in [6, 6.07) is 4.65. The summed E-state index contributed by atoms with van der Waals surface area (Å²) in [5, 5.41) is 8.45. The van der Waals surface area contributed by atoms with Gasteiger partial charge in [0.15, 0.2) is 0 Å². The number of amides is 3. The Balaban J connectivity index is 1.14. The van der Waals surface area contributed by atoms with Crippen molar-refractivity contribution in [1.82, 2.24) is 25.4 Å². The smallest absolute Gasteiger partial charge is 0.329 e. The molecule has 4 aliphatic rings. The summed E-state index contributed by atoms with van der Waals surface area (Å²) in [6.45, 7) is 2.75. The van der Waals surface area contributed by atoms with Gasteiger partial charge in [-0.15, -0.1) is 11.3 Å². The normalized spacial score (nSPS) is 24.7. The number of benzene rings is 1. The molecule has 2 bridgehead atoms. The van der Waals surface area contributed by atoms with Crippen molar-refractivity contribution in [3.8, 4) is 0 Å². The Kier molecular flexibility index (Phi) is 8.82. The number of fused-ring (bicyclic) bond motifs is 2. The van der Waals surface area contributed by atoms with Crippen LogP contribution in [0.3, 0.4) is 0 Å². The molecule has 3 aliphatic heterocycles. The maximum Gasteiger partial charge on any atom is 0.329 e. The van der Waals surface area contributed by atoms with Crippen molar-refractivity contribution in [2.75, 3.05) is 20.1 Å². The fourth-order valence-electron chi connectivity index (χ4n) is 6.92. The highest BCUT2D eigenvalue weighted by molar-refractivity contribution is 7.10. The number of morpholine rings is 1. The van der Waals surface area contributed by atoms with E-state index in [2.05, 4.69) is 15.6 Å². The van der Waals surface area contributed by atoms with Gasteiger partial charge in [0.2, 0.25) is 17.6 Å². The molecular formula is C32H39N5O6S. The molecule has 1 aliphatic carbocycles. The minimum atomic E-state index is -0.581. The number of likely N-dealkylation sites (N-methyl/N-ethyl adjacent to an activating group) is 1. The van der Waals surface area contributed by atoms with E-state index in [0.717, 1.165) is 44.9 Å². The topological polar surface area (TPSA) is 138 Å². The van der Waals surface area contributed by atoms with Gasteiger partial charge in [-0.05, 0) is 57.7 Å². The zero-order valence-corrected chi connectivity index (χ0v) is 25.9. The Bertz CT molecular complexity index is 1440. The molecule has 0 radical (unpaired) electrons. The number of nitrogens with zero attached hydrogens (tertiary/aromatic N) is 3. The molecule has 5 unspecified atom stereocenters. The lowest BCUT2D eigenvalue weighted by atomic mass is 9.83. The summed E-state index contributed by atoms with van der Waals surface area (Å²) >= 11 is 1.36. The molecule has 0 spiro atoms. The highest BCUT2D eigenvalue weighted by Crippen LogP contribution is 2.37. The van der Waals surface area contributed by atoms with E-state index < -0.39 is 18.1 Å². The van der Waals surface area contributed by atoms with Gasteiger partial charge in [-0.3, -0.25) is 19.2 Å². The Morgan fingerprint density at radius 1 is 0.977 bits per heavy atom. The van der Waals surface area contributed by atoms with Crippen LogP contribution in [0.1, 0.15) is 95.7 Å². The van der Waals surface area contributed by atoms with Gasteiger partial charge in [-0.2, -0.15) is 0 Å². The fourth-order valence-corrected chi connectivity index (χ4v) is 7.87. The van der Waals surface area contributed by atoms with E-state index in [1.807, 2.05) is 4.90 Å². The average Bonchev–Trinajstić information content (AvgIpc) is 3.87. The Hall–Kier alpha value is -3.64. The average molecular weight is 622 g/mol. The van der Waals surface area contributed by atoms with Crippen LogP contribution in [0, 0.1) is 5.92 Å². The van der Waals surface area contributed by atoms with Gasteiger partial charge in [0.1, 0.15) is 28.9 Å². The van der Waals surface area contributed by atoms with E-state index in [9.17, 15) is 24.0 Å². The van der Waals surface area contributed by atoms with E-state index >= 15 is 0 Å². The lowest BCUT2D eigenvalue weighted by Gasteiger charge is -2.35. The zero-order valence-electron chi connectivity index (χ0n) is 25.1. The highest BCUT2D eigenvalue weighted by atomic mass is 32.1. The van der Waals surface area contributed by atoms with Crippen LogP contribution < -0.4 is 10.6 Å². The Morgan fingerprint density at radius 2 is 1.70 bits per heavy atom. The molecule has 2 N–H and O–H groups in total. The number of ether oxygens (including phenoxy) is 1. The van der Waals surface area contributed by atoms with Crippen LogP contribution in [-0.4, -0.2) is 88.6 Å². The largest absolute Gasteiger partial charge is 0.459 e. The zero-order chi connectivity index (χ0) is 31.0. The van der Waals surface area contributed by atoms with E-state index in [1.54, 1.807) is 48.5 Å². The first-order valence-electron chi connectivity index (χ1n) is 15.6. The summed E-state index contributed by atoms with van der Waals surface area (Å²) in [5.41, 5.74) is 1.10. The van der Waals surface area contributed by atoms with Gasteiger partial charge in [0.05, 0.1) is 18.6 Å². The SMILES string of the molecule is CNC(C)C(=O)NC(C(=O)N1CCCC1c1nc(C(=O)c2ccc(C(=O)N3CC4CC3C(=O)O4)cc2)cs1)C1CCCCC1. The van der Waals surface area contributed by atoms with Gasteiger partial charge >= 0.3 is 5.97 Å². The summed E-state index contributed by atoms with van der Waals surface area (Å²) in [7, 11) is 1.73. The monoisotopic (exact) mass is 621 g/mol. The standard InChI is InChI=1S/C32H39N5O6S/c1-18(33-2)28(39)35-26(19-7-4-3-5-8-19)31(41)36-14-6-9-24(36)29-34-23(17-44-29)27(38)20-10-12-21(13-11-20)30(40)37-16-22-15-25(37)32(42)43-22/h10-13,17-19,22,24-26,33H,3-9,14-16H2,1-2H3,(H,35,39). The van der Waals surface area contributed by atoms with Crippen molar-refractivity contribution in [1.29, 1.82) is 0 Å². The lowest BCUT2D eigenvalue weighted by molar-refractivity contribution is -0.149. The maximum atomic E-state index is 14.0. The number of nitrogens with one attached hydrogen (secondary N) is 2. The molecule has 1 aromatic heterocycles. The van der Waals surface area contributed by atoms with Crippen LogP contribution in [0.5, 0.6) is 0 Å². The Labute approximate surface area is 260 Å². The first-order valence-corrected chi connectivity index (χ1v) is 16.5. The fraction of sp³-hybridized carbons (Fsp3) is 0.562. The highest BCUT2D eigenvalue weighted by Gasteiger charge is 2.48. The predicted octanol–water partition coefficient (Wildman–Crippen LogP) is 2.85. The van der Waals surface area contributed by atoms with Gasteiger partial charge in [-0.25, -0.2) is 9.78 Å². The molecule has 2 aromatic rings. The van der Waals surface area contributed by atoms with E-state index in [0.29, 0.717) is 41.3 Å². The molecule has 12 heteroatoms. The summed E-state index contributed by atoms with van der Waals surface area (Å²) in [5.74, 6) is -1.03. The molecule has 3 amide bonds. The molecule has 5 atom stereocenters. The van der Waals surface area contributed by atoms with Crippen molar-refractivity contribution in [2.45, 2.75) is 88.6 Å².